The topological polar surface area (TPSA) is 12.0 Å². The minimum Gasteiger partial charge on any atom is -0.309 e. The van der Waals surface area contributed by atoms with Gasteiger partial charge in [0.1, 0.15) is 0 Å². The zero-order valence-corrected chi connectivity index (χ0v) is 13.6. The summed E-state index contributed by atoms with van der Waals surface area (Å²) >= 11 is 1.89. The molecule has 0 radical (unpaired) electrons. The molecular weight excluding hydrogens is 262 g/mol. The molecule has 2 rings (SSSR count). The SMILES string of the molecule is CCNC(Cc1ccc(CC)cc1)c1sccc1CC. The fourth-order valence-corrected chi connectivity index (χ4v) is 3.67. The summed E-state index contributed by atoms with van der Waals surface area (Å²) in [5.41, 5.74) is 4.33. The van der Waals surface area contributed by atoms with Gasteiger partial charge in [-0.2, -0.15) is 0 Å². The van der Waals surface area contributed by atoms with Crippen LogP contribution in [0.2, 0.25) is 0 Å². The predicted octanol–water partition coefficient (Wildman–Crippen LogP) is 4.77. The fourth-order valence-electron chi connectivity index (χ4n) is 2.60. The molecule has 108 valence electrons. The van der Waals surface area contributed by atoms with Crippen molar-refractivity contribution in [3.05, 3.63) is 57.3 Å². The van der Waals surface area contributed by atoms with Crippen LogP contribution in [-0.2, 0) is 19.3 Å². The normalized spacial score (nSPS) is 12.6. The quantitative estimate of drug-likeness (QED) is 0.773. The molecule has 0 aliphatic rings. The summed E-state index contributed by atoms with van der Waals surface area (Å²) in [6, 6.07) is 11.8. The van der Waals surface area contributed by atoms with E-state index in [4.69, 9.17) is 0 Å². The van der Waals surface area contributed by atoms with E-state index in [0.29, 0.717) is 6.04 Å². The van der Waals surface area contributed by atoms with Crippen LogP contribution in [0.4, 0.5) is 0 Å². The molecule has 1 nitrogen and oxygen atoms in total. The van der Waals surface area contributed by atoms with Gasteiger partial charge >= 0.3 is 0 Å². The third-order valence-corrected chi connectivity index (χ3v) is 4.87. The molecular formula is C18H25NS. The average molecular weight is 287 g/mol. The van der Waals surface area contributed by atoms with E-state index in [0.717, 1.165) is 25.8 Å². The van der Waals surface area contributed by atoms with Crippen LogP contribution >= 0.6 is 11.3 Å². The second kappa shape index (κ2) is 7.61. The highest BCUT2D eigenvalue weighted by Gasteiger charge is 2.15. The van der Waals surface area contributed by atoms with Crippen molar-refractivity contribution in [2.75, 3.05) is 6.54 Å². The Balaban J connectivity index is 2.16. The van der Waals surface area contributed by atoms with Crippen LogP contribution in [0.5, 0.6) is 0 Å². The zero-order valence-electron chi connectivity index (χ0n) is 12.8. The first-order chi connectivity index (χ1) is 9.78. The summed E-state index contributed by atoms with van der Waals surface area (Å²) in [4.78, 5) is 1.51. The molecule has 20 heavy (non-hydrogen) atoms. The summed E-state index contributed by atoms with van der Waals surface area (Å²) in [5.74, 6) is 0. The number of aryl methyl sites for hydroxylation is 2. The molecule has 1 aromatic heterocycles. The van der Waals surface area contributed by atoms with Crippen LogP contribution in [0.3, 0.4) is 0 Å². The lowest BCUT2D eigenvalue weighted by atomic mass is 10.00. The summed E-state index contributed by atoms with van der Waals surface area (Å²) in [6.45, 7) is 7.64. The molecule has 0 bridgehead atoms. The highest BCUT2D eigenvalue weighted by atomic mass is 32.1. The van der Waals surface area contributed by atoms with Crippen molar-refractivity contribution in [3.8, 4) is 0 Å². The monoisotopic (exact) mass is 287 g/mol. The second-order valence-corrected chi connectivity index (χ2v) is 6.10. The zero-order chi connectivity index (χ0) is 14.4. The Morgan fingerprint density at radius 2 is 1.65 bits per heavy atom. The standard InChI is InChI=1S/C18H25NS/c1-4-14-7-9-15(10-8-14)13-17(19-6-3)18-16(5-2)11-12-20-18/h7-12,17,19H,4-6,13H2,1-3H3. The van der Waals surface area contributed by atoms with E-state index in [1.54, 1.807) is 0 Å². The average Bonchev–Trinajstić information content (AvgIpc) is 2.96. The number of likely N-dealkylation sites (N-methyl/N-ethyl adjacent to an activating group) is 1. The van der Waals surface area contributed by atoms with Gasteiger partial charge in [0.05, 0.1) is 0 Å². The summed E-state index contributed by atoms with van der Waals surface area (Å²) in [5, 5.41) is 5.87. The molecule has 0 fully saturated rings. The Hall–Kier alpha value is -1.12. The summed E-state index contributed by atoms with van der Waals surface area (Å²) < 4.78 is 0. The van der Waals surface area contributed by atoms with Gasteiger partial charge < -0.3 is 5.32 Å². The fraction of sp³-hybridized carbons (Fsp3) is 0.444. The van der Waals surface area contributed by atoms with E-state index in [1.165, 1.54) is 21.6 Å². The molecule has 1 heterocycles. The van der Waals surface area contributed by atoms with Crippen LogP contribution in [0, 0.1) is 0 Å². The van der Waals surface area contributed by atoms with E-state index in [1.807, 2.05) is 11.3 Å². The maximum Gasteiger partial charge on any atom is 0.0458 e. The van der Waals surface area contributed by atoms with Crippen molar-refractivity contribution in [2.45, 2.75) is 46.1 Å². The minimum absolute atomic E-state index is 0.447. The maximum absolute atomic E-state index is 3.65. The van der Waals surface area contributed by atoms with Crippen molar-refractivity contribution in [3.63, 3.8) is 0 Å². The Labute approximate surface area is 127 Å². The third kappa shape index (κ3) is 3.71. The number of rotatable bonds is 7. The van der Waals surface area contributed by atoms with Crippen LogP contribution in [0.25, 0.3) is 0 Å². The van der Waals surface area contributed by atoms with Gasteiger partial charge in [0.15, 0.2) is 0 Å². The van der Waals surface area contributed by atoms with Crippen LogP contribution in [0.15, 0.2) is 35.7 Å². The summed E-state index contributed by atoms with van der Waals surface area (Å²) in [6.07, 6.45) is 3.31. The first kappa shape index (κ1) is 15.3. The molecule has 1 atom stereocenters. The molecule has 0 amide bonds. The van der Waals surface area contributed by atoms with Gasteiger partial charge in [-0.3, -0.25) is 0 Å². The van der Waals surface area contributed by atoms with Crippen LogP contribution < -0.4 is 5.32 Å². The Bertz CT molecular complexity index is 512. The van der Waals surface area contributed by atoms with Crippen molar-refractivity contribution in [2.24, 2.45) is 0 Å². The van der Waals surface area contributed by atoms with E-state index < -0.39 is 0 Å². The van der Waals surface area contributed by atoms with Crippen molar-refractivity contribution < 1.29 is 0 Å². The van der Waals surface area contributed by atoms with Crippen LogP contribution in [0.1, 0.15) is 48.4 Å². The van der Waals surface area contributed by atoms with Crippen molar-refractivity contribution in [1.29, 1.82) is 0 Å². The molecule has 0 aliphatic carbocycles. The van der Waals surface area contributed by atoms with Crippen molar-refractivity contribution in [1.82, 2.24) is 5.32 Å². The van der Waals surface area contributed by atoms with E-state index >= 15 is 0 Å². The number of hydrogen-bond acceptors (Lipinski definition) is 2. The van der Waals surface area contributed by atoms with E-state index in [9.17, 15) is 0 Å². The molecule has 1 N–H and O–H groups in total. The summed E-state index contributed by atoms with van der Waals surface area (Å²) in [7, 11) is 0. The highest BCUT2D eigenvalue weighted by Crippen LogP contribution is 2.28. The molecule has 1 unspecified atom stereocenters. The molecule has 2 aromatic rings. The molecule has 0 saturated heterocycles. The number of nitrogens with one attached hydrogen (secondary N) is 1. The molecule has 0 spiro atoms. The van der Waals surface area contributed by atoms with Gasteiger partial charge in [0.25, 0.3) is 0 Å². The molecule has 0 saturated carbocycles. The lowest BCUT2D eigenvalue weighted by molar-refractivity contribution is 0.554. The molecule has 2 heteroatoms. The van der Waals surface area contributed by atoms with Crippen molar-refractivity contribution >= 4 is 11.3 Å². The Kier molecular flexibility index (Phi) is 5.81. The largest absolute Gasteiger partial charge is 0.309 e. The Morgan fingerprint density at radius 1 is 0.950 bits per heavy atom. The lowest BCUT2D eigenvalue weighted by Gasteiger charge is -2.18. The highest BCUT2D eigenvalue weighted by molar-refractivity contribution is 7.10. The van der Waals surface area contributed by atoms with Gasteiger partial charge in [-0.1, -0.05) is 45.0 Å². The van der Waals surface area contributed by atoms with Gasteiger partial charge in [-0.05, 0) is 53.9 Å². The third-order valence-electron chi connectivity index (χ3n) is 3.80. The van der Waals surface area contributed by atoms with Gasteiger partial charge in [0.2, 0.25) is 0 Å². The van der Waals surface area contributed by atoms with E-state index in [2.05, 4.69) is 61.8 Å². The van der Waals surface area contributed by atoms with Crippen LogP contribution in [-0.4, -0.2) is 6.54 Å². The molecule has 1 aromatic carbocycles. The second-order valence-electron chi connectivity index (χ2n) is 5.15. The predicted molar refractivity (Wildman–Crippen MR) is 89.6 cm³/mol. The number of thiophene rings is 1. The smallest absolute Gasteiger partial charge is 0.0458 e. The first-order valence-electron chi connectivity index (χ1n) is 7.65. The maximum atomic E-state index is 3.65. The van der Waals surface area contributed by atoms with Gasteiger partial charge in [0, 0.05) is 10.9 Å². The molecule has 0 aliphatic heterocycles. The van der Waals surface area contributed by atoms with Gasteiger partial charge in [-0.25, -0.2) is 0 Å². The first-order valence-corrected chi connectivity index (χ1v) is 8.53. The van der Waals surface area contributed by atoms with Gasteiger partial charge in [-0.15, -0.1) is 11.3 Å². The number of benzene rings is 1. The van der Waals surface area contributed by atoms with E-state index in [-0.39, 0.29) is 0 Å². The Morgan fingerprint density at radius 3 is 2.25 bits per heavy atom. The minimum atomic E-state index is 0.447. The number of hydrogen-bond donors (Lipinski definition) is 1. The lowest BCUT2D eigenvalue weighted by Crippen LogP contribution is -2.23.